The van der Waals surface area contributed by atoms with E-state index in [1.807, 2.05) is 6.07 Å². The third-order valence-corrected chi connectivity index (χ3v) is 4.17. The number of piperidine rings is 1. The van der Waals surface area contributed by atoms with Gasteiger partial charge in [0.05, 0.1) is 0 Å². The number of hydrogen-bond donors (Lipinski definition) is 2. The molecule has 1 heterocycles. The second kappa shape index (κ2) is 10.1. The number of halogens is 2. The first kappa shape index (κ1) is 20.2. The van der Waals surface area contributed by atoms with Crippen LogP contribution in [0.25, 0.3) is 0 Å². The predicted octanol–water partition coefficient (Wildman–Crippen LogP) is 2.98. The fraction of sp³-hybridized carbons (Fsp3) is 0.588. The van der Waals surface area contributed by atoms with Gasteiger partial charge in [0.1, 0.15) is 5.82 Å². The summed E-state index contributed by atoms with van der Waals surface area (Å²) in [6.07, 6.45) is 2.25. The normalized spacial score (nSPS) is 17.0. The van der Waals surface area contributed by atoms with E-state index in [1.165, 1.54) is 6.07 Å². The topological polar surface area (TPSA) is 39.7 Å². The first-order valence-corrected chi connectivity index (χ1v) is 8.04. The Balaban J connectivity index is 0.00000264. The molecule has 1 aromatic rings. The van der Waals surface area contributed by atoms with Crippen molar-refractivity contribution in [1.82, 2.24) is 15.5 Å². The highest BCUT2D eigenvalue weighted by Crippen LogP contribution is 2.12. The number of likely N-dealkylation sites (tertiary alicyclic amines) is 1. The van der Waals surface area contributed by atoms with Crippen molar-refractivity contribution in [2.75, 3.05) is 20.1 Å². The minimum Gasteiger partial charge on any atom is -0.354 e. The summed E-state index contributed by atoms with van der Waals surface area (Å²) >= 11 is 0. The van der Waals surface area contributed by atoms with Crippen molar-refractivity contribution < 1.29 is 4.39 Å². The molecule has 23 heavy (non-hydrogen) atoms. The van der Waals surface area contributed by atoms with Crippen LogP contribution in [-0.4, -0.2) is 43.1 Å². The van der Waals surface area contributed by atoms with Crippen molar-refractivity contribution in [1.29, 1.82) is 0 Å². The minimum absolute atomic E-state index is 0. The maximum absolute atomic E-state index is 13.2. The van der Waals surface area contributed by atoms with Crippen LogP contribution in [0.2, 0.25) is 0 Å². The van der Waals surface area contributed by atoms with E-state index in [0.717, 1.165) is 37.5 Å². The monoisotopic (exact) mass is 434 g/mol. The van der Waals surface area contributed by atoms with E-state index >= 15 is 0 Å². The van der Waals surface area contributed by atoms with E-state index < -0.39 is 0 Å². The molecule has 0 bridgehead atoms. The summed E-state index contributed by atoms with van der Waals surface area (Å²) < 4.78 is 13.2. The summed E-state index contributed by atoms with van der Waals surface area (Å²) in [5.74, 6) is 0.579. The maximum Gasteiger partial charge on any atom is 0.191 e. The number of nitrogens with one attached hydrogen (secondary N) is 2. The Hall–Kier alpha value is -0.890. The zero-order chi connectivity index (χ0) is 15.9. The van der Waals surface area contributed by atoms with Gasteiger partial charge in [0, 0.05) is 38.8 Å². The van der Waals surface area contributed by atoms with E-state index in [4.69, 9.17) is 0 Å². The van der Waals surface area contributed by atoms with Crippen LogP contribution >= 0.6 is 24.0 Å². The van der Waals surface area contributed by atoms with Gasteiger partial charge in [0.2, 0.25) is 0 Å². The molecule has 0 aliphatic carbocycles. The SMILES string of the molecule is CN=C(NCc1cccc(F)c1)NC1CCN(C(C)C)CC1.I. The number of benzene rings is 1. The largest absolute Gasteiger partial charge is 0.354 e. The summed E-state index contributed by atoms with van der Waals surface area (Å²) in [6.45, 7) is 7.30. The molecule has 0 aromatic heterocycles. The molecule has 4 nitrogen and oxygen atoms in total. The Morgan fingerprint density at radius 2 is 2.04 bits per heavy atom. The Morgan fingerprint density at radius 1 is 1.35 bits per heavy atom. The zero-order valence-electron chi connectivity index (χ0n) is 14.2. The van der Waals surface area contributed by atoms with Gasteiger partial charge in [-0.1, -0.05) is 12.1 Å². The molecule has 0 unspecified atom stereocenters. The minimum atomic E-state index is -0.205. The molecule has 1 aromatic carbocycles. The average Bonchev–Trinajstić information content (AvgIpc) is 2.52. The highest BCUT2D eigenvalue weighted by molar-refractivity contribution is 14.0. The molecule has 1 aliphatic rings. The van der Waals surface area contributed by atoms with Gasteiger partial charge >= 0.3 is 0 Å². The molecule has 6 heteroatoms. The lowest BCUT2D eigenvalue weighted by atomic mass is 10.0. The van der Waals surface area contributed by atoms with Crippen LogP contribution in [0, 0.1) is 5.82 Å². The molecule has 1 aliphatic heterocycles. The van der Waals surface area contributed by atoms with Crippen LogP contribution in [0.5, 0.6) is 0 Å². The van der Waals surface area contributed by atoms with Gasteiger partial charge in [0.15, 0.2) is 5.96 Å². The van der Waals surface area contributed by atoms with Crippen molar-refractivity contribution in [2.24, 2.45) is 4.99 Å². The number of aliphatic imine (C=N–C) groups is 1. The number of hydrogen-bond acceptors (Lipinski definition) is 2. The van der Waals surface area contributed by atoms with Crippen LogP contribution in [-0.2, 0) is 6.54 Å². The third-order valence-electron chi connectivity index (χ3n) is 4.17. The third kappa shape index (κ3) is 6.63. The van der Waals surface area contributed by atoms with E-state index in [9.17, 15) is 4.39 Å². The quantitative estimate of drug-likeness (QED) is 0.435. The molecular formula is C17H28FIN4. The van der Waals surface area contributed by atoms with E-state index in [-0.39, 0.29) is 29.8 Å². The Kier molecular flexibility index (Phi) is 8.83. The molecule has 1 fully saturated rings. The summed E-state index contributed by atoms with van der Waals surface area (Å²) in [4.78, 5) is 6.76. The average molecular weight is 434 g/mol. The van der Waals surface area contributed by atoms with E-state index in [0.29, 0.717) is 18.6 Å². The second-order valence-corrected chi connectivity index (χ2v) is 6.10. The number of guanidine groups is 1. The fourth-order valence-electron chi connectivity index (χ4n) is 2.78. The zero-order valence-corrected chi connectivity index (χ0v) is 16.5. The first-order chi connectivity index (χ1) is 10.6. The number of rotatable bonds is 4. The van der Waals surface area contributed by atoms with Crippen LogP contribution < -0.4 is 10.6 Å². The lowest BCUT2D eigenvalue weighted by Crippen LogP contribution is -2.49. The van der Waals surface area contributed by atoms with Crippen LogP contribution in [0.15, 0.2) is 29.3 Å². The summed E-state index contributed by atoms with van der Waals surface area (Å²) in [6, 6.07) is 7.70. The molecule has 0 amide bonds. The van der Waals surface area contributed by atoms with Crippen LogP contribution in [0.1, 0.15) is 32.3 Å². The fourth-order valence-corrected chi connectivity index (χ4v) is 2.78. The van der Waals surface area contributed by atoms with Crippen LogP contribution in [0.4, 0.5) is 4.39 Å². The Morgan fingerprint density at radius 3 is 2.61 bits per heavy atom. The Bertz CT molecular complexity index is 499. The van der Waals surface area contributed by atoms with Gasteiger partial charge in [-0.25, -0.2) is 4.39 Å². The van der Waals surface area contributed by atoms with E-state index in [1.54, 1.807) is 19.2 Å². The second-order valence-electron chi connectivity index (χ2n) is 6.10. The van der Waals surface area contributed by atoms with Crippen molar-refractivity contribution in [3.8, 4) is 0 Å². The van der Waals surface area contributed by atoms with Gasteiger partial charge in [-0.2, -0.15) is 0 Å². The van der Waals surface area contributed by atoms with Crippen molar-refractivity contribution in [3.63, 3.8) is 0 Å². The molecule has 0 spiro atoms. The Labute approximate surface area is 156 Å². The molecule has 2 rings (SSSR count). The lowest BCUT2D eigenvalue weighted by molar-refractivity contribution is 0.167. The first-order valence-electron chi connectivity index (χ1n) is 8.04. The van der Waals surface area contributed by atoms with Crippen molar-refractivity contribution >= 4 is 29.9 Å². The lowest BCUT2D eigenvalue weighted by Gasteiger charge is -2.35. The molecule has 0 radical (unpaired) electrons. The molecule has 130 valence electrons. The smallest absolute Gasteiger partial charge is 0.191 e. The van der Waals surface area contributed by atoms with Gasteiger partial charge in [-0.15, -0.1) is 24.0 Å². The van der Waals surface area contributed by atoms with Gasteiger partial charge in [-0.05, 0) is 44.4 Å². The number of nitrogens with zero attached hydrogens (tertiary/aromatic N) is 2. The standard InChI is InChI=1S/C17H27FN4.HI/c1-13(2)22-9-7-16(8-10-22)21-17(19-3)20-12-14-5-4-6-15(18)11-14;/h4-6,11,13,16H,7-10,12H2,1-3H3,(H2,19,20,21);1H. The van der Waals surface area contributed by atoms with Gasteiger partial charge in [0.25, 0.3) is 0 Å². The molecule has 1 saturated heterocycles. The van der Waals surface area contributed by atoms with E-state index in [2.05, 4.69) is 34.4 Å². The summed E-state index contributed by atoms with van der Waals surface area (Å²) in [5.41, 5.74) is 0.914. The highest BCUT2D eigenvalue weighted by atomic mass is 127. The predicted molar refractivity (Wildman–Crippen MR) is 105 cm³/mol. The summed E-state index contributed by atoms with van der Waals surface area (Å²) in [5, 5.41) is 6.72. The van der Waals surface area contributed by atoms with Gasteiger partial charge < -0.3 is 15.5 Å². The molecule has 2 N–H and O–H groups in total. The summed E-state index contributed by atoms with van der Waals surface area (Å²) in [7, 11) is 1.77. The van der Waals surface area contributed by atoms with Crippen LogP contribution in [0.3, 0.4) is 0 Å². The molecule has 0 saturated carbocycles. The van der Waals surface area contributed by atoms with Gasteiger partial charge in [-0.3, -0.25) is 4.99 Å². The van der Waals surface area contributed by atoms with Crippen molar-refractivity contribution in [2.45, 2.75) is 45.3 Å². The molecular weight excluding hydrogens is 406 g/mol. The highest BCUT2D eigenvalue weighted by Gasteiger charge is 2.21. The maximum atomic E-state index is 13.2. The van der Waals surface area contributed by atoms with Crippen molar-refractivity contribution in [3.05, 3.63) is 35.6 Å². The molecule has 0 atom stereocenters.